The highest BCUT2D eigenvalue weighted by atomic mass is 16.6. The maximum absolute atomic E-state index is 14.0. The molecule has 1 aromatic carbocycles. The van der Waals surface area contributed by atoms with Crippen LogP contribution in [0.1, 0.15) is 96.6 Å². The van der Waals surface area contributed by atoms with Gasteiger partial charge in [-0.25, -0.2) is 4.79 Å². The summed E-state index contributed by atoms with van der Waals surface area (Å²) in [6, 6.07) is 7.58. The molecule has 1 amide bonds. The highest BCUT2D eigenvalue weighted by Gasteiger charge is 2.68. The Balaban J connectivity index is 1.23. The Labute approximate surface area is 270 Å². The van der Waals surface area contributed by atoms with Gasteiger partial charge in [0.05, 0.1) is 13.5 Å². The number of fused-ring (bicyclic) bond motifs is 5. The number of Topliss-reactive ketones (excluding diaryl/α,β-unsaturated/α-hetero) is 1. The van der Waals surface area contributed by atoms with Gasteiger partial charge in [0.1, 0.15) is 0 Å². The first-order chi connectivity index (χ1) is 21.8. The SMILES string of the molecule is COC(=O)[C@H](NC(=O)CCC(=O)OCC(=O)[C@@]1(OC(C)=O)CC[C@@H]2[C@@H]3CCC4=CC(=O)CC[C@]4(C)[C@@H]3CC[C@@]21C)c1ccccc1. The molecule has 46 heavy (non-hydrogen) atoms. The first-order valence-corrected chi connectivity index (χ1v) is 16.4. The van der Waals surface area contributed by atoms with Crippen LogP contribution >= 0.6 is 0 Å². The Kier molecular flexibility index (Phi) is 9.57. The van der Waals surface area contributed by atoms with Gasteiger partial charge in [-0.05, 0) is 79.8 Å². The van der Waals surface area contributed by atoms with Crippen LogP contribution in [0.5, 0.6) is 0 Å². The fraction of sp³-hybridized carbons (Fsp3) is 0.611. The van der Waals surface area contributed by atoms with E-state index in [1.807, 2.05) is 6.08 Å². The van der Waals surface area contributed by atoms with Crippen LogP contribution in [0, 0.1) is 28.6 Å². The molecule has 3 fully saturated rings. The molecular weight excluding hydrogens is 590 g/mol. The van der Waals surface area contributed by atoms with Crippen LogP contribution < -0.4 is 5.32 Å². The fourth-order valence-electron chi connectivity index (χ4n) is 9.31. The van der Waals surface area contributed by atoms with E-state index in [1.54, 1.807) is 30.3 Å². The van der Waals surface area contributed by atoms with Gasteiger partial charge in [0.15, 0.2) is 24.0 Å². The topological polar surface area (TPSA) is 142 Å². The third-order valence-electron chi connectivity index (χ3n) is 11.6. The van der Waals surface area contributed by atoms with Crippen molar-refractivity contribution in [1.29, 1.82) is 0 Å². The lowest BCUT2D eigenvalue weighted by Crippen LogP contribution is -2.59. The zero-order valence-corrected chi connectivity index (χ0v) is 27.2. The van der Waals surface area contributed by atoms with Crippen molar-refractivity contribution in [3.05, 3.63) is 47.5 Å². The Morgan fingerprint density at radius 2 is 1.65 bits per heavy atom. The van der Waals surface area contributed by atoms with Crippen molar-refractivity contribution in [3.63, 3.8) is 0 Å². The highest BCUT2D eigenvalue weighted by molar-refractivity contribution is 5.94. The van der Waals surface area contributed by atoms with Gasteiger partial charge in [-0.3, -0.25) is 24.0 Å². The van der Waals surface area contributed by atoms with Gasteiger partial charge in [0.2, 0.25) is 11.7 Å². The number of ether oxygens (including phenoxy) is 3. The number of benzene rings is 1. The van der Waals surface area contributed by atoms with E-state index in [2.05, 4.69) is 19.2 Å². The van der Waals surface area contributed by atoms with Crippen molar-refractivity contribution in [2.75, 3.05) is 13.7 Å². The molecule has 248 valence electrons. The standard InChI is InChI=1S/C36H45NO9/c1-22(38)46-36(19-16-28-26-11-10-24-20-25(39)14-17-34(24,2)27(26)15-18-35(28,36)3)29(40)21-45-31(42)13-12-30(41)37-32(33(43)44-4)23-8-6-5-7-9-23/h5-9,20,26-28,32H,10-19,21H2,1-4H3,(H,37,41)/t26-,27-,28-,32-,34+,35+,36+/m1/s1. The van der Waals surface area contributed by atoms with Crippen molar-refractivity contribution in [1.82, 2.24) is 5.32 Å². The van der Waals surface area contributed by atoms with Gasteiger partial charge in [-0.2, -0.15) is 0 Å². The average molecular weight is 636 g/mol. The number of allylic oxidation sites excluding steroid dienone is 1. The first-order valence-electron chi connectivity index (χ1n) is 16.4. The molecule has 10 nitrogen and oxygen atoms in total. The Morgan fingerprint density at radius 1 is 0.935 bits per heavy atom. The van der Waals surface area contributed by atoms with Crippen LogP contribution in [0.3, 0.4) is 0 Å². The van der Waals surface area contributed by atoms with Gasteiger partial charge in [-0.15, -0.1) is 0 Å². The van der Waals surface area contributed by atoms with Gasteiger partial charge in [0, 0.05) is 25.2 Å². The normalized spacial score (nSPS) is 32.0. The summed E-state index contributed by atoms with van der Waals surface area (Å²) in [5.41, 5.74) is -0.262. The van der Waals surface area contributed by atoms with Gasteiger partial charge < -0.3 is 19.5 Å². The molecule has 0 heterocycles. The molecule has 3 saturated carbocycles. The molecule has 0 spiro atoms. The molecule has 5 rings (SSSR count). The summed E-state index contributed by atoms with van der Waals surface area (Å²) in [5.74, 6) is -1.84. The third kappa shape index (κ3) is 6.02. The minimum Gasteiger partial charge on any atom is -0.467 e. The first kappa shape index (κ1) is 33.5. The van der Waals surface area contributed by atoms with E-state index in [0.29, 0.717) is 36.7 Å². The van der Waals surface area contributed by atoms with E-state index in [-0.39, 0.29) is 30.0 Å². The number of esters is 3. The molecule has 0 saturated heterocycles. The van der Waals surface area contributed by atoms with Crippen molar-refractivity contribution < 1.29 is 43.0 Å². The maximum Gasteiger partial charge on any atom is 0.333 e. The summed E-state index contributed by atoms with van der Waals surface area (Å²) < 4.78 is 16.2. The quantitative estimate of drug-likeness (QED) is 0.285. The van der Waals surface area contributed by atoms with Crippen molar-refractivity contribution in [3.8, 4) is 0 Å². The van der Waals surface area contributed by atoms with Gasteiger partial charge in [0.25, 0.3) is 0 Å². The number of hydrogen-bond donors (Lipinski definition) is 1. The monoisotopic (exact) mass is 635 g/mol. The van der Waals surface area contributed by atoms with Crippen LogP contribution in [0.2, 0.25) is 0 Å². The zero-order valence-electron chi connectivity index (χ0n) is 27.2. The van der Waals surface area contributed by atoms with Crippen LogP contribution in [-0.2, 0) is 43.0 Å². The average Bonchev–Trinajstić information content (AvgIpc) is 3.34. The lowest BCUT2D eigenvalue weighted by molar-refractivity contribution is -0.191. The van der Waals surface area contributed by atoms with Crippen molar-refractivity contribution in [2.24, 2.45) is 28.6 Å². The molecule has 1 aromatic rings. The number of rotatable bonds is 10. The van der Waals surface area contributed by atoms with E-state index in [4.69, 9.17) is 14.2 Å². The zero-order chi connectivity index (χ0) is 33.3. The third-order valence-corrected chi connectivity index (χ3v) is 11.6. The minimum atomic E-state index is -1.41. The van der Waals surface area contributed by atoms with Gasteiger partial charge in [-0.1, -0.05) is 49.8 Å². The Bertz CT molecular complexity index is 1440. The molecule has 0 radical (unpaired) electrons. The second kappa shape index (κ2) is 13.1. The smallest absolute Gasteiger partial charge is 0.333 e. The number of nitrogens with one attached hydrogen (secondary N) is 1. The minimum absolute atomic E-state index is 0.0331. The van der Waals surface area contributed by atoms with E-state index in [9.17, 15) is 28.8 Å². The van der Waals surface area contributed by atoms with Gasteiger partial charge >= 0.3 is 17.9 Å². The van der Waals surface area contributed by atoms with Crippen LogP contribution in [0.15, 0.2) is 42.0 Å². The maximum atomic E-state index is 14.0. The number of hydrogen-bond acceptors (Lipinski definition) is 9. The molecular formula is C36H45NO9. The Hall–Kier alpha value is -3.82. The molecule has 7 atom stereocenters. The molecule has 0 aromatic heterocycles. The van der Waals surface area contributed by atoms with Crippen LogP contribution in [0.25, 0.3) is 0 Å². The summed E-state index contributed by atoms with van der Waals surface area (Å²) in [6.07, 6.45) is 7.15. The largest absolute Gasteiger partial charge is 0.467 e. The summed E-state index contributed by atoms with van der Waals surface area (Å²) in [5, 5.41) is 2.59. The molecule has 4 aliphatic rings. The molecule has 0 bridgehead atoms. The summed E-state index contributed by atoms with van der Waals surface area (Å²) in [6.45, 7) is 5.08. The predicted octanol–water partition coefficient (Wildman–Crippen LogP) is 4.74. The van der Waals surface area contributed by atoms with Crippen molar-refractivity contribution >= 4 is 35.4 Å². The van der Waals surface area contributed by atoms with E-state index in [1.165, 1.54) is 19.6 Å². The summed E-state index contributed by atoms with van der Waals surface area (Å²) >= 11 is 0. The van der Waals surface area contributed by atoms with Crippen molar-refractivity contribution in [2.45, 2.75) is 96.6 Å². The second-order valence-corrected chi connectivity index (χ2v) is 13.9. The van der Waals surface area contributed by atoms with E-state index < -0.39 is 53.3 Å². The molecule has 10 heteroatoms. The lowest BCUT2D eigenvalue weighted by Gasteiger charge is -2.59. The van der Waals surface area contributed by atoms with E-state index >= 15 is 0 Å². The number of ketones is 2. The van der Waals surface area contributed by atoms with E-state index in [0.717, 1.165) is 32.1 Å². The summed E-state index contributed by atoms with van der Waals surface area (Å²) in [7, 11) is 1.22. The molecule has 4 aliphatic carbocycles. The lowest BCUT2D eigenvalue weighted by atomic mass is 9.46. The highest BCUT2D eigenvalue weighted by Crippen LogP contribution is 2.68. The van der Waals surface area contributed by atoms with Crippen LogP contribution in [-0.4, -0.2) is 54.7 Å². The molecule has 0 aliphatic heterocycles. The second-order valence-electron chi connectivity index (χ2n) is 13.9. The molecule has 0 unspecified atom stereocenters. The molecule has 1 N–H and O–H groups in total. The van der Waals surface area contributed by atoms with Crippen LogP contribution in [0.4, 0.5) is 0 Å². The predicted molar refractivity (Wildman–Crippen MR) is 166 cm³/mol. The Morgan fingerprint density at radius 3 is 2.35 bits per heavy atom. The summed E-state index contributed by atoms with van der Waals surface area (Å²) in [4.78, 5) is 76.2. The number of methoxy groups -OCH3 is 1. The number of carbonyl (C=O) groups is 6. The number of amides is 1. The number of carbonyl (C=O) groups excluding carboxylic acids is 6. The fourth-order valence-corrected chi connectivity index (χ4v) is 9.31.